The van der Waals surface area contributed by atoms with E-state index in [9.17, 15) is 18.3 Å². The summed E-state index contributed by atoms with van der Waals surface area (Å²) in [5, 5.41) is 15.9. The molecule has 0 bridgehead atoms. The summed E-state index contributed by atoms with van der Waals surface area (Å²) in [6, 6.07) is 23.7. The predicted octanol–water partition coefficient (Wildman–Crippen LogP) is 4.21. The molecule has 0 spiro atoms. The van der Waals surface area contributed by atoms with Crippen LogP contribution in [0.15, 0.2) is 94.9 Å². The number of sulfonamides is 1. The van der Waals surface area contributed by atoms with Gasteiger partial charge in [0.1, 0.15) is 18.0 Å². The van der Waals surface area contributed by atoms with E-state index >= 15 is 0 Å². The van der Waals surface area contributed by atoms with Gasteiger partial charge in [0.15, 0.2) is 0 Å². The molecule has 4 aromatic carbocycles. The summed E-state index contributed by atoms with van der Waals surface area (Å²) in [5.74, 6) is -0.365. The Balaban J connectivity index is 1.64. The van der Waals surface area contributed by atoms with E-state index in [1.165, 1.54) is 25.5 Å². The second-order valence-electron chi connectivity index (χ2n) is 8.01. The number of anilines is 1. The molecule has 0 saturated carbocycles. The molecule has 0 aliphatic heterocycles. The van der Waals surface area contributed by atoms with Crippen LogP contribution < -0.4 is 14.5 Å². The maximum atomic E-state index is 13.6. The lowest BCUT2D eigenvalue weighted by molar-refractivity contribution is -0.119. The Hall–Kier alpha value is -4.37. The van der Waals surface area contributed by atoms with E-state index in [4.69, 9.17) is 4.74 Å². The highest BCUT2D eigenvalue weighted by molar-refractivity contribution is 7.92. The molecule has 0 aliphatic rings. The minimum absolute atomic E-state index is 0.00415. The zero-order valence-electron chi connectivity index (χ0n) is 19.8. The number of phenols is 1. The molecule has 36 heavy (non-hydrogen) atoms. The molecule has 0 unspecified atom stereocenters. The first-order valence-electron chi connectivity index (χ1n) is 11.1. The molecule has 2 N–H and O–H groups in total. The van der Waals surface area contributed by atoms with Crippen molar-refractivity contribution in [3.05, 3.63) is 96.1 Å². The third-order valence-electron chi connectivity index (χ3n) is 5.55. The summed E-state index contributed by atoms with van der Waals surface area (Å²) >= 11 is 0. The number of aromatic hydroxyl groups is 1. The largest absolute Gasteiger partial charge is 0.507 e. The number of benzene rings is 4. The summed E-state index contributed by atoms with van der Waals surface area (Å²) in [6.07, 6.45) is 1.33. The van der Waals surface area contributed by atoms with E-state index in [1.807, 2.05) is 31.2 Å². The van der Waals surface area contributed by atoms with Crippen LogP contribution in [0.4, 0.5) is 5.69 Å². The van der Waals surface area contributed by atoms with Crippen molar-refractivity contribution in [3.8, 4) is 11.5 Å². The van der Waals surface area contributed by atoms with Crippen molar-refractivity contribution in [2.24, 2.45) is 5.10 Å². The van der Waals surface area contributed by atoms with Gasteiger partial charge in [0, 0.05) is 5.56 Å². The van der Waals surface area contributed by atoms with Crippen LogP contribution in [0, 0.1) is 6.92 Å². The fourth-order valence-electron chi connectivity index (χ4n) is 3.77. The molecule has 8 nitrogen and oxygen atoms in total. The molecule has 4 aromatic rings. The van der Waals surface area contributed by atoms with Gasteiger partial charge >= 0.3 is 0 Å². The van der Waals surface area contributed by atoms with Crippen molar-refractivity contribution in [2.75, 3.05) is 18.0 Å². The van der Waals surface area contributed by atoms with Crippen molar-refractivity contribution in [3.63, 3.8) is 0 Å². The second-order valence-corrected chi connectivity index (χ2v) is 9.88. The molecule has 9 heteroatoms. The number of hydrogen-bond acceptors (Lipinski definition) is 6. The SMILES string of the molecule is COc1ccc(C)cc1N(CC(=O)N/N=C/c1c(O)ccc2ccccc12)S(=O)(=O)c1ccccc1. The zero-order valence-corrected chi connectivity index (χ0v) is 20.6. The van der Waals surface area contributed by atoms with Gasteiger partial charge in [-0.15, -0.1) is 0 Å². The number of nitrogens with one attached hydrogen (secondary N) is 1. The van der Waals surface area contributed by atoms with Crippen molar-refractivity contribution in [1.82, 2.24) is 5.43 Å². The lowest BCUT2D eigenvalue weighted by Crippen LogP contribution is -2.39. The average molecular weight is 504 g/mol. The minimum Gasteiger partial charge on any atom is -0.507 e. The number of fused-ring (bicyclic) bond motifs is 1. The van der Waals surface area contributed by atoms with Crippen molar-refractivity contribution in [2.45, 2.75) is 11.8 Å². The standard InChI is InChI=1S/C27H25N3O5S/c1-19-12-15-26(35-2)24(16-19)30(36(33,34)21-9-4-3-5-10-21)18-27(32)29-28-17-23-22-11-7-6-8-20(22)13-14-25(23)31/h3-17,31H,18H2,1-2H3,(H,29,32)/b28-17+. The Morgan fingerprint density at radius 2 is 1.75 bits per heavy atom. The molecule has 4 rings (SSSR count). The number of hydrazone groups is 1. The van der Waals surface area contributed by atoms with E-state index in [0.29, 0.717) is 11.3 Å². The quantitative estimate of drug-likeness (QED) is 0.277. The number of amides is 1. The van der Waals surface area contributed by atoms with Crippen LogP contribution in [-0.2, 0) is 14.8 Å². The topological polar surface area (TPSA) is 108 Å². The van der Waals surface area contributed by atoms with E-state index in [0.717, 1.165) is 20.6 Å². The van der Waals surface area contributed by atoms with Gasteiger partial charge in [-0.1, -0.05) is 54.6 Å². The molecule has 0 aliphatic carbocycles. The normalized spacial score (nSPS) is 11.5. The Morgan fingerprint density at radius 3 is 2.50 bits per heavy atom. The lowest BCUT2D eigenvalue weighted by Gasteiger charge is -2.25. The number of carbonyl (C=O) groups excluding carboxylic acids is 1. The highest BCUT2D eigenvalue weighted by Crippen LogP contribution is 2.33. The van der Waals surface area contributed by atoms with Crippen LogP contribution in [0.2, 0.25) is 0 Å². The molecule has 0 atom stereocenters. The number of methoxy groups -OCH3 is 1. The monoisotopic (exact) mass is 503 g/mol. The first-order valence-corrected chi connectivity index (χ1v) is 12.5. The lowest BCUT2D eigenvalue weighted by atomic mass is 10.0. The van der Waals surface area contributed by atoms with E-state index in [2.05, 4.69) is 10.5 Å². The Bertz CT molecular complexity index is 1540. The third kappa shape index (κ3) is 5.16. The maximum absolute atomic E-state index is 13.6. The van der Waals surface area contributed by atoms with E-state index in [1.54, 1.807) is 48.5 Å². The molecule has 0 fully saturated rings. The molecule has 184 valence electrons. The molecule has 0 radical (unpaired) electrons. The summed E-state index contributed by atoms with van der Waals surface area (Å²) in [4.78, 5) is 12.9. The maximum Gasteiger partial charge on any atom is 0.264 e. The Labute approximate surface area is 209 Å². The number of hydrogen-bond donors (Lipinski definition) is 2. The van der Waals surface area contributed by atoms with Crippen LogP contribution in [0.3, 0.4) is 0 Å². The van der Waals surface area contributed by atoms with Crippen LogP contribution in [0.1, 0.15) is 11.1 Å². The zero-order chi connectivity index (χ0) is 25.7. The minimum atomic E-state index is -4.11. The summed E-state index contributed by atoms with van der Waals surface area (Å²) in [6.45, 7) is 1.27. The molecule has 0 saturated heterocycles. The van der Waals surface area contributed by atoms with Crippen molar-refractivity contribution < 1.29 is 23.1 Å². The van der Waals surface area contributed by atoms with E-state index < -0.39 is 22.5 Å². The molecule has 1 amide bonds. The van der Waals surface area contributed by atoms with Gasteiger partial charge < -0.3 is 9.84 Å². The Kier molecular flexibility index (Phi) is 7.21. The molecule has 0 aromatic heterocycles. The molecular formula is C27H25N3O5S. The number of carbonyl (C=O) groups is 1. The third-order valence-corrected chi connectivity index (χ3v) is 7.33. The van der Waals surface area contributed by atoms with Gasteiger partial charge in [-0.05, 0) is 53.6 Å². The smallest absolute Gasteiger partial charge is 0.264 e. The van der Waals surface area contributed by atoms with Crippen molar-refractivity contribution in [1.29, 1.82) is 0 Å². The average Bonchev–Trinajstić information content (AvgIpc) is 2.89. The van der Waals surface area contributed by atoms with Gasteiger partial charge in [0.25, 0.3) is 15.9 Å². The number of rotatable bonds is 8. The number of nitrogens with zero attached hydrogens (tertiary/aromatic N) is 2. The summed E-state index contributed by atoms with van der Waals surface area (Å²) in [7, 11) is -2.68. The summed E-state index contributed by atoms with van der Waals surface area (Å²) in [5.41, 5.74) is 3.83. The molecule has 0 heterocycles. The highest BCUT2D eigenvalue weighted by atomic mass is 32.2. The van der Waals surface area contributed by atoms with Crippen LogP contribution >= 0.6 is 0 Å². The Morgan fingerprint density at radius 1 is 1.03 bits per heavy atom. The van der Waals surface area contributed by atoms with Crippen molar-refractivity contribution >= 4 is 38.6 Å². The second kappa shape index (κ2) is 10.5. The number of aryl methyl sites for hydroxylation is 1. The molecular weight excluding hydrogens is 478 g/mol. The van der Waals surface area contributed by atoms with Gasteiger partial charge in [0.05, 0.1) is 23.9 Å². The van der Waals surface area contributed by atoms with Gasteiger partial charge in [-0.3, -0.25) is 9.10 Å². The van der Waals surface area contributed by atoms with Gasteiger partial charge in [0.2, 0.25) is 0 Å². The number of phenolic OH excluding ortho intramolecular Hbond substituents is 1. The summed E-state index contributed by atoms with van der Waals surface area (Å²) < 4.78 is 33.5. The van der Waals surface area contributed by atoms with Crippen LogP contribution in [-0.4, -0.2) is 39.3 Å². The van der Waals surface area contributed by atoms with Crippen LogP contribution in [0.5, 0.6) is 11.5 Å². The van der Waals surface area contributed by atoms with Gasteiger partial charge in [-0.25, -0.2) is 13.8 Å². The first-order chi connectivity index (χ1) is 17.3. The highest BCUT2D eigenvalue weighted by Gasteiger charge is 2.29. The fraction of sp³-hybridized carbons (Fsp3) is 0.111. The van der Waals surface area contributed by atoms with Gasteiger partial charge in [-0.2, -0.15) is 5.10 Å². The van der Waals surface area contributed by atoms with Crippen LogP contribution in [0.25, 0.3) is 10.8 Å². The predicted molar refractivity (Wildman–Crippen MR) is 140 cm³/mol. The van der Waals surface area contributed by atoms with E-state index in [-0.39, 0.29) is 16.3 Å². The fourth-order valence-corrected chi connectivity index (χ4v) is 5.21. The first kappa shape index (κ1) is 24.7. The number of ether oxygens (including phenoxy) is 1.